The molecule has 0 radical (unpaired) electrons. The smallest absolute Gasteiger partial charge is 0.259 e. The van der Waals surface area contributed by atoms with Crippen molar-refractivity contribution in [3.05, 3.63) is 90.0 Å². The third-order valence-corrected chi connectivity index (χ3v) is 5.57. The summed E-state index contributed by atoms with van der Waals surface area (Å²) in [6.07, 6.45) is 0.985. The van der Waals surface area contributed by atoms with Gasteiger partial charge < -0.3 is 15.3 Å². The van der Waals surface area contributed by atoms with Gasteiger partial charge in [-0.3, -0.25) is 9.69 Å². The molecule has 0 atom stereocenters. The van der Waals surface area contributed by atoms with Crippen LogP contribution >= 0.6 is 0 Å². The van der Waals surface area contributed by atoms with Crippen molar-refractivity contribution in [2.24, 2.45) is 0 Å². The molecule has 1 heterocycles. The molecule has 0 bridgehead atoms. The van der Waals surface area contributed by atoms with E-state index in [9.17, 15) is 9.90 Å². The number of anilines is 2. The van der Waals surface area contributed by atoms with Gasteiger partial charge in [-0.2, -0.15) is 0 Å². The molecule has 0 aromatic heterocycles. The van der Waals surface area contributed by atoms with Gasteiger partial charge in [-0.1, -0.05) is 42.5 Å². The SMILES string of the molecule is O=C(Nc1ccc(CCN2CCN(c3ccccc3)CC2)cc1)c1ccccc1O. The number of aromatic hydroxyl groups is 1. The van der Waals surface area contributed by atoms with Gasteiger partial charge in [0.15, 0.2) is 0 Å². The topological polar surface area (TPSA) is 55.8 Å². The molecule has 1 aliphatic heterocycles. The molecule has 30 heavy (non-hydrogen) atoms. The molecule has 2 N–H and O–H groups in total. The number of carbonyl (C=O) groups is 1. The number of nitrogens with zero attached hydrogens (tertiary/aromatic N) is 2. The van der Waals surface area contributed by atoms with E-state index >= 15 is 0 Å². The Kier molecular flexibility index (Phi) is 6.30. The van der Waals surface area contributed by atoms with Gasteiger partial charge in [-0.05, 0) is 48.4 Å². The minimum atomic E-state index is -0.308. The van der Waals surface area contributed by atoms with Crippen LogP contribution in [0.4, 0.5) is 11.4 Å². The van der Waals surface area contributed by atoms with Crippen LogP contribution in [0.5, 0.6) is 5.75 Å². The summed E-state index contributed by atoms with van der Waals surface area (Å²) < 4.78 is 0. The molecule has 154 valence electrons. The maximum atomic E-state index is 12.3. The molecular weight excluding hydrogens is 374 g/mol. The number of phenols is 1. The number of carbonyl (C=O) groups excluding carboxylic acids is 1. The Morgan fingerprint density at radius 3 is 2.20 bits per heavy atom. The van der Waals surface area contributed by atoms with Crippen molar-refractivity contribution < 1.29 is 9.90 Å². The maximum Gasteiger partial charge on any atom is 0.259 e. The lowest BCUT2D eigenvalue weighted by atomic mass is 10.1. The van der Waals surface area contributed by atoms with Crippen molar-refractivity contribution >= 4 is 17.3 Å². The zero-order chi connectivity index (χ0) is 20.8. The van der Waals surface area contributed by atoms with E-state index in [2.05, 4.69) is 57.6 Å². The lowest BCUT2D eigenvalue weighted by Gasteiger charge is -2.36. The van der Waals surface area contributed by atoms with Gasteiger partial charge in [-0.15, -0.1) is 0 Å². The Balaban J connectivity index is 1.24. The minimum Gasteiger partial charge on any atom is -0.507 e. The number of hydrogen-bond acceptors (Lipinski definition) is 4. The van der Waals surface area contributed by atoms with Gasteiger partial charge in [0.1, 0.15) is 5.75 Å². The van der Waals surface area contributed by atoms with Crippen LogP contribution in [0, 0.1) is 0 Å². The Morgan fingerprint density at radius 1 is 0.833 bits per heavy atom. The highest BCUT2D eigenvalue weighted by Crippen LogP contribution is 2.19. The zero-order valence-electron chi connectivity index (χ0n) is 17.0. The number of amides is 1. The van der Waals surface area contributed by atoms with Gasteiger partial charge in [0.05, 0.1) is 5.56 Å². The van der Waals surface area contributed by atoms with Crippen LogP contribution in [0.3, 0.4) is 0 Å². The Bertz CT molecular complexity index is 965. The van der Waals surface area contributed by atoms with Crippen molar-refractivity contribution in [1.82, 2.24) is 4.90 Å². The third kappa shape index (κ3) is 4.99. The molecule has 1 saturated heterocycles. The lowest BCUT2D eigenvalue weighted by molar-refractivity contribution is 0.102. The summed E-state index contributed by atoms with van der Waals surface area (Å²) in [5.41, 5.74) is 3.55. The normalized spacial score (nSPS) is 14.5. The fourth-order valence-electron chi connectivity index (χ4n) is 3.77. The summed E-state index contributed by atoms with van der Waals surface area (Å²) in [5, 5.41) is 12.6. The highest BCUT2D eigenvalue weighted by Gasteiger charge is 2.16. The van der Waals surface area contributed by atoms with Gasteiger partial charge in [0.25, 0.3) is 5.91 Å². The summed E-state index contributed by atoms with van der Waals surface area (Å²) in [6.45, 7) is 5.29. The number of para-hydroxylation sites is 2. The van der Waals surface area contributed by atoms with Crippen LogP contribution in [0.15, 0.2) is 78.9 Å². The van der Waals surface area contributed by atoms with Gasteiger partial charge in [-0.25, -0.2) is 0 Å². The average Bonchev–Trinajstić information content (AvgIpc) is 2.80. The Labute approximate surface area is 177 Å². The lowest BCUT2D eigenvalue weighted by Crippen LogP contribution is -2.46. The summed E-state index contributed by atoms with van der Waals surface area (Å²) in [5.74, 6) is -0.323. The molecule has 4 rings (SSSR count). The van der Waals surface area contributed by atoms with Gasteiger partial charge >= 0.3 is 0 Å². The minimum absolute atomic E-state index is 0.0148. The van der Waals surface area contributed by atoms with E-state index in [4.69, 9.17) is 0 Å². The van der Waals surface area contributed by atoms with Crippen molar-refractivity contribution in [2.45, 2.75) is 6.42 Å². The first-order valence-corrected chi connectivity index (χ1v) is 10.4. The van der Waals surface area contributed by atoms with Crippen LogP contribution < -0.4 is 10.2 Å². The van der Waals surface area contributed by atoms with Crippen LogP contribution in [-0.2, 0) is 6.42 Å². The number of piperazine rings is 1. The highest BCUT2D eigenvalue weighted by molar-refractivity contribution is 6.06. The molecule has 1 fully saturated rings. The predicted molar refractivity (Wildman–Crippen MR) is 121 cm³/mol. The molecule has 0 spiro atoms. The van der Waals surface area contributed by atoms with Crippen molar-refractivity contribution in [3.8, 4) is 5.75 Å². The summed E-state index contributed by atoms with van der Waals surface area (Å²) in [6, 6.07) is 25.1. The molecular formula is C25H27N3O2. The number of phenolic OH excluding ortho intramolecular Hbond substituents is 1. The van der Waals surface area contributed by atoms with Crippen molar-refractivity contribution in [3.63, 3.8) is 0 Å². The van der Waals surface area contributed by atoms with E-state index in [1.165, 1.54) is 17.3 Å². The molecule has 1 amide bonds. The molecule has 3 aromatic carbocycles. The summed E-state index contributed by atoms with van der Waals surface area (Å²) in [7, 11) is 0. The van der Waals surface area contributed by atoms with Crippen LogP contribution in [-0.4, -0.2) is 48.6 Å². The molecule has 0 saturated carbocycles. The second-order valence-electron chi connectivity index (χ2n) is 7.58. The molecule has 5 nitrogen and oxygen atoms in total. The monoisotopic (exact) mass is 401 g/mol. The molecule has 0 unspecified atom stereocenters. The fraction of sp³-hybridized carbons (Fsp3) is 0.240. The maximum absolute atomic E-state index is 12.3. The number of benzene rings is 3. The van der Waals surface area contributed by atoms with Gasteiger partial charge in [0.2, 0.25) is 0 Å². The average molecular weight is 402 g/mol. The zero-order valence-corrected chi connectivity index (χ0v) is 17.0. The molecule has 5 heteroatoms. The predicted octanol–water partition coefficient (Wildman–Crippen LogP) is 4.01. The van der Waals surface area contributed by atoms with Crippen molar-refractivity contribution in [1.29, 1.82) is 0 Å². The second kappa shape index (κ2) is 9.46. The van der Waals surface area contributed by atoms with Crippen LogP contribution in [0.2, 0.25) is 0 Å². The van der Waals surface area contributed by atoms with Crippen molar-refractivity contribution in [2.75, 3.05) is 42.9 Å². The summed E-state index contributed by atoms with van der Waals surface area (Å²) in [4.78, 5) is 17.2. The van der Waals surface area contributed by atoms with E-state index in [-0.39, 0.29) is 17.2 Å². The first-order chi connectivity index (χ1) is 14.7. The van der Waals surface area contributed by atoms with E-state index in [0.717, 1.165) is 44.8 Å². The number of rotatable bonds is 6. The molecule has 1 aliphatic rings. The quantitative estimate of drug-likeness (QED) is 0.655. The number of hydrogen-bond donors (Lipinski definition) is 2. The third-order valence-electron chi connectivity index (χ3n) is 5.57. The van der Waals surface area contributed by atoms with Crippen LogP contribution in [0.25, 0.3) is 0 Å². The molecule has 0 aliphatic carbocycles. The Morgan fingerprint density at radius 2 is 1.50 bits per heavy atom. The van der Waals surface area contributed by atoms with E-state index in [1.54, 1.807) is 18.2 Å². The Hall–Kier alpha value is -3.31. The van der Waals surface area contributed by atoms with Crippen LogP contribution in [0.1, 0.15) is 15.9 Å². The largest absolute Gasteiger partial charge is 0.507 e. The first kappa shape index (κ1) is 20.0. The van der Waals surface area contributed by atoms with E-state index < -0.39 is 0 Å². The van der Waals surface area contributed by atoms with E-state index in [0.29, 0.717) is 0 Å². The first-order valence-electron chi connectivity index (χ1n) is 10.4. The highest BCUT2D eigenvalue weighted by atomic mass is 16.3. The summed E-state index contributed by atoms with van der Waals surface area (Å²) >= 11 is 0. The fourth-order valence-corrected chi connectivity index (χ4v) is 3.77. The standard InChI is InChI=1S/C25H27N3O2/c29-24-9-5-4-8-23(24)25(30)26-21-12-10-20(11-13-21)14-15-27-16-18-28(19-17-27)22-6-2-1-3-7-22/h1-13,29H,14-19H2,(H,26,30). The second-order valence-corrected chi connectivity index (χ2v) is 7.58. The molecule has 3 aromatic rings. The van der Waals surface area contributed by atoms with E-state index in [1.807, 2.05) is 12.1 Å². The number of nitrogens with one attached hydrogen (secondary N) is 1. The van der Waals surface area contributed by atoms with Gasteiger partial charge in [0, 0.05) is 44.1 Å².